The number of fused-ring (bicyclic) bond motifs is 7. The van der Waals surface area contributed by atoms with E-state index in [1.807, 2.05) is 0 Å². The molecule has 2 unspecified atom stereocenters. The van der Waals surface area contributed by atoms with E-state index in [9.17, 15) is 0 Å². The lowest BCUT2D eigenvalue weighted by molar-refractivity contribution is -0.738. The molecule has 2 nitrogen and oxygen atoms in total. The summed E-state index contributed by atoms with van der Waals surface area (Å²) in [6.07, 6.45) is 9.55. The largest absolute Gasteiger partial charge is 0.296 e. The summed E-state index contributed by atoms with van der Waals surface area (Å²) in [5.74, 6) is 0. The number of rotatable bonds is 3. The maximum absolute atomic E-state index is 2.61. The van der Waals surface area contributed by atoms with Gasteiger partial charge in [0.15, 0.2) is 5.52 Å². The van der Waals surface area contributed by atoms with Gasteiger partial charge < -0.3 is 0 Å². The van der Waals surface area contributed by atoms with Gasteiger partial charge in [-0.05, 0) is 72.9 Å². The Bertz CT molecular complexity index is 1970. The highest BCUT2D eigenvalue weighted by Gasteiger charge is 2.58. The minimum absolute atomic E-state index is 0.00970. The molecule has 0 bridgehead atoms. The number of nitrogens with zero attached hydrogens (tertiary/aromatic N) is 2. The highest BCUT2D eigenvalue weighted by Crippen LogP contribution is 2.54. The summed E-state index contributed by atoms with van der Waals surface area (Å²) in [6.45, 7) is 14.2. The molecule has 178 valence electrons. The second kappa shape index (κ2) is 6.11. The van der Waals surface area contributed by atoms with E-state index in [0.29, 0.717) is 0 Å². The lowest BCUT2D eigenvalue weighted by Crippen LogP contribution is -2.68. The first kappa shape index (κ1) is 20.8. The Morgan fingerprint density at radius 1 is 0.889 bits per heavy atom. The number of allylic oxidation sites excluding steroid dienone is 2. The van der Waals surface area contributed by atoms with Gasteiger partial charge in [0.1, 0.15) is 17.3 Å². The van der Waals surface area contributed by atoms with Crippen molar-refractivity contribution in [2.75, 3.05) is 0 Å². The fourth-order valence-corrected chi connectivity index (χ4v) is 7.53. The maximum atomic E-state index is 2.61. The Morgan fingerprint density at radius 3 is 2.25 bits per heavy atom. The summed E-state index contributed by atoms with van der Waals surface area (Å²) in [6, 6.07) is 18.9. The van der Waals surface area contributed by atoms with Gasteiger partial charge in [-0.25, -0.2) is 4.57 Å². The molecule has 1 aliphatic heterocycles. The van der Waals surface area contributed by atoms with Crippen molar-refractivity contribution in [2.45, 2.75) is 65.3 Å². The third-order valence-electron chi connectivity index (χ3n) is 10.2. The van der Waals surface area contributed by atoms with Gasteiger partial charge in [0.25, 0.3) is 5.65 Å². The number of aromatic nitrogens is 2. The van der Waals surface area contributed by atoms with Crippen LogP contribution in [0.3, 0.4) is 0 Å². The van der Waals surface area contributed by atoms with Crippen LogP contribution in [0.1, 0.15) is 57.7 Å². The Hall–Kier alpha value is -3.39. The van der Waals surface area contributed by atoms with Crippen LogP contribution in [0.5, 0.6) is 0 Å². The Labute approximate surface area is 212 Å². The van der Waals surface area contributed by atoms with Gasteiger partial charge in [-0.1, -0.05) is 69.7 Å². The van der Waals surface area contributed by atoms with Gasteiger partial charge in [0.05, 0.1) is 10.8 Å². The number of pyridine rings is 2. The molecule has 0 fully saturated rings. The molecule has 3 aromatic heterocycles. The summed E-state index contributed by atoms with van der Waals surface area (Å²) in [5, 5.41) is 8.37. The first-order chi connectivity index (χ1) is 17.2. The molecule has 0 saturated carbocycles. The molecule has 8 rings (SSSR count). The average Bonchev–Trinajstić information content (AvgIpc) is 3.26. The topological polar surface area (TPSA) is 8.29 Å². The lowest BCUT2D eigenvalue weighted by atomic mass is 9.57. The molecular formula is C34H33N2+. The van der Waals surface area contributed by atoms with Crippen LogP contribution < -0.4 is 4.57 Å². The minimum Gasteiger partial charge on any atom is -0.219 e. The molecule has 2 aliphatic rings. The Morgan fingerprint density at radius 2 is 1.58 bits per heavy atom. The van der Waals surface area contributed by atoms with Gasteiger partial charge in [0.2, 0.25) is 0 Å². The Balaban J connectivity index is 1.70. The summed E-state index contributed by atoms with van der Waals surface area (Å²) < 4.78 is 5.20. The fourth-order valence-electron chi connectivity index (χ4n) is 7.53. The van der Waals surface area contributed by atoms with Crippen molar-refractivity contribution in [3.8, 4) is 0 Å². The molecule has 0 saturated heterocycles. The summed E-state index contributed by atoms with van der Waals surface area (Å²) in [4.78, 5) is 0. The predicted octanol–water partition coefficient (Wildman–Crippen LogP) is 8.12. The molecule has 0 spiro atoms. The molecule has 2 atom stereocenters. The summed E-state index contributed by atoms with van der Waals surface area (Å²) in [7, 11) is 0. The zero-order valence-corrected chi connectivity index (χ0v) is 22.2. The van der Waals surface area contributed by atoms with Crippen LogP contribution in [0.4, 0.5) is 0 Å². The Kier molecular flexibility index (Phi) is 3.53. The number of benzene rings is 3. The molecule has 1 aliphatic carbocycles. The molecule has 6 aromatic rings. The zero-order chi connectivity index (χ0) is 24.8. The van der Waals surface area contributed by atoms with Crippen molar-refractivity contribution in [3.05, 3.63) is 83.6 Å². The summed E-state index contributed by atoms with van der Waals surface area (Å²) >= 11 is 0. The fraction of sp³-hybridized carbons (Fsp3) is 0.324. The van der Waals surface area contributed by atoms with Crippen LogP contribution in [0.2, 0.25) is 0 Å². The second-order valence-corrected chi connectivity index (χ2v) is 12.7. The minimum atomic E-state index is -0.0656. The van der Waals surface area contributed by atoms with Gasteiger partial charge in [-0.2, -0.15) is 4.40 Å². The number of hydrogen-bond acceptors (Lipinski definition) is 0. The number of aryl methyl sites for hydroxylation is 1. The van der Waals surface area contributed by atoms with E-state index in [2.05, 4.69) is 117 Å². The standard InChI is InChI=1S/C34H33N2/c1-7-32(3,4)18-21-16-24-22-11-8-10-20(2)28(22)27-19-35-31-29-23(25(17-21)30(24)36(27)31)12-9-13-26(29)33(5)14-15-34(33,35)6/h8-17,19H,7,18H2,1-6H3/q+1. The van der Waals surface area contributed by atoms with Crippen molar-refractivity contribution in [1.82, 2.24) is 4.40 Å². The van der Waals surface area contributed by atoms with E-state index in [4.69, 9.17) is 0 Å². The van der Waals surface area contributed by atoms with Crippen LogP contribution in [0.15, 0.2) is 66.9 Å². The second-order valence-electron chi connectivity index (χ2n) is 12.7. The van der Waals surface area contributed by atoms with Crippen LogP contribution in [-0.4, -0.2) is 4.40 Å². The predicted molar refractivity (Wildman–Crippen MR) is 151 cm³/mol. The molecule has 2 heteroatoms. The third kappa shape index (κ3) is 2.12. The summed E-state index contributed by atoms with van der Waals surface area (Å²) in [5.41, 5.74) is 8.51. The zero-order valence-electron chi connectivity index (χ0n) is 22.2. The molecular weight excluding hydrogens is 436 g/mol. The van der Waals surface area contributed by atoms with Crippen molar-refractivity contribution < 1.29 is 4.57 Å². The normalized spacial score (nSPS) is 23.1. The monoisotopic (exact) mass is 469 g/mol. The molecule has 0 amide bonds. The molecule has 0 radical (unpaired) electrons. The van der Waals surface area contributed by atoms with Gasteiger partial charge in [0, 0.05) is 21.5 Å². The smallest absolute Gasteiger partial charge is 0.219 e. The van der Waals surface area contributed by atoms with E-state index in [0.717, 1.165) is 6.42 Å². The van der Waals surface area contributed by atoms with Crippen LogP contribution in [0.25, 0.3) is 49.0 Å². The van der Waals surface area contributed by atoms with Crippen LogP contribution in [-0.2, 0) is 17.4 Å². The first-order valence-corrected chi connectivity index (χ1v) is 13.5. The van der Waals surface area contributed by atoms with Crippen molar-refractivity contribution in [2.24, 2.45) is 5.41 Å². The SMILES string of the molecule is CCC(C)(C)Cc1cc2c3cccc(C)c3c3c[n+]4c5c6c(cccc6c(c1)c2n35)C1(C)C=CC41C. The highest BCUT2D eigenvalue weighted by atomic mass is 15.2. The molecule has 0 N–H and O–H groups in total. The van der Waals surface area contributed by atoms with Crippen LogP contribution >= 0.6 is 0 Å². The average molecular weight is 470 g/mol. The van der Waals surface area contributed by atoms with E-state index in [1.54, 1.807) is 0 Å². The van der Waals surface area contributed by atoms with Crippen molar-refractivity contribution in [3.63, 3.8) is 0 Å². The third-order valence-corrected chi connectivity index (χ3v) is 10.2. The van der Waals surface area contributed by atoms with E-state index >= 15 is 0 Å². The van der Waals surface area contributed by atoms with E-state index in [-0.39, 0.29) is 16.4 Å². The molecule has 4 heterocycles. The van der Waals surface area contributed by atoms with Crippen molar-refractivity contribution >= 4 is 49.0 Å². The van der Waals surface area contributed by atoms with Gasteiger partial charge >= 0.3 is 0 Å². The number of imidazole rings is 1. The first-order valence-electron chi connectivity index (χ1n) is 13.5. The number of hydrogen-bond donors (Lipinski definition) is 0. The van der Waals surface area contributed by atoms with Crippen molar-refractivity contribution in [1.29, 1.82) is 0 Å². The van der Waals surface area contributed by atoms with Gasteiger partial charge in [-0.3, -0.25) is 0 Å². The van der Waals surface area contributed by atoms with E-state index in [1.165, 1.54) is 72.1 Å². The molecule has 3 aromatic carbocycles. The lowest BCUT2D eigenvalue weighted by Gasteiger charge is -2.49. The molecule has 36 heavy (non-hydrogen) atoms. The quantitative estimate of drug-likeness (QED) is 0.107. The van der Waals surface area contributed by atoms with Gasteiger partial charge in [-0.15, -0.1) is 0 Å². The maximum Gasteiger partial charge on any atom is 0.296 e. The van der Waals surface area contributed by atoms with E-state index < -0.39 is 0 Å². The highest BCUT2D eigenvalue weighted by molar-refractivity contribution is 6.25. The van der Waals surface area contributed by atoms with Crippen LogP contribution in [0, 0.1) is 12.3 Å².